The van der Waals surface area contributed by atoms with Gasteiger partial charge in [-0.15, -0.1) is 0 Å². The normalized spacial score (nSPS) is 49.2. The first-order chi connectivity index (χ1) is 7.88. The maximum Gasteiger partial charge on any atom is 0.330 e. The van der Waals surface area contributed by atoms with Crippen molar-refractivity contribution in [2.24, 2.45) is 0 Å². The molecule has 0 aromatic heterocycles. The molecule has 0 spiro atoms. The van der Waals surface area contributed by atoms with E-state index in [2.05, 4.69) is 6.58 Å². The number of rotatable bonds is 2. The molecule has 6 nitrogen and oxygen atoms in total. The van der Waals surface area contributed by atoms with Crippen LogP contribution in [-0.2, 0) is 28.6 Å². The Hall–Kier alpha value is -0.920. The summed E-state index contributed by atoms with van der Waals surface area (Å²) < 4.78 is 39.2. The first-order valence-corrected chi connectivity index (χ1v) is 6.78. The predicted molar refractivity (Wildman–Crippen MR) is 55.6 cm³/mol. The van der Waals surface area contributed by atoms with Crippen molar-refractivity contribution in [2.45, 2.75) is 42.5 Å². The van der Waals surface area contributed by atoms with Crippen LogP contribution in [-0.4, -0.2) is 43.5 Å². The van der Waals surface area contributed by atoms with Crippen LogP contribution in [0.4, 0.5) is 0 Å². The quantitative estimate of drug-likeness (QED) is 0.387. The second-order valence-corrected chi connectivity index (χ2v) is 6.43. The average Bonchev–Trinajstić information content (AvgIpc) is 2.74. The maximum atomic E-state index is 11.7. The lowest BCUT2D eigenvalue weighted by Crippen LogP contribution is -2.48. The lowest BCUT2D eigenvalue weighted by molar-refractivity contribution is -0.148. The van der Waals surface area contributed by atoms with Crippen LogP contribution in [0.5, 0.6) is 0 Å². The van der Waals surface area contributed by atoms with Crippen LogP contribution in [0, 0.1) is 0 Å². The molecule has 17 heavy (non-hydrogen) atoms. The van der Waals surface area contributed by atoms with Crippen molar-refractivity contribution in [3.8, 4) is 0 Å². The minimum Gasteiger partial charge on any atom is -0.453 e. The molecule has 5 unspecified atom stereocenters. The van der Waals surface area contributed by atoms with E-state index in [-0.39, 0.29) is 0 Å². The highest BCUT2D eigenvalue weighted by Crippen LogP contribution is 2.54. The summed E-state index contributed by atoms with van der Waals surface area (Å²) in [7, 11) is -3.61. The largest absolute Gasteiger partial charge is 0.453 e. The summed E-state index contributed by atoms with van der Waals surface area (Å²) >= 11 is 0. The van der Waals surface area contributed by atoms with Gasteiger partial charge in [0.25, 0.3) is 10.1 Å². The molecule has 0 aliphatic carbocycles. The molecule has 3 saturated heterocycles. The van der Waals surface area contributed by atoms with Gasteiger partial charge in [-0.3, -0.25) is 4.18 Å². The number of carbonyl (C=O) groups excluding carboxylic acids is 1. The first kappa shape index (κ1) is 11.2. The van der Waals surface area contributed by atoms with E-state index < -0.39 is 45.3 Å². The van der Waals surface area contributed by atoms with Gasteiger partial charge in [0.05, 0.1) is 6.10 Å². The minimum atomic E-state index is -3.61. The van der Waals surface area contributed by atoms with Crippen molar-refractivity contribution in [2.75, 3.05) is 0 Å². The van der Waals surface area contributed by atoms with E-state index in [1.54, 1.807) is 6.92 Å². The molecule has 3 rings (SSSR count). The third-order valence-electron chi connectivity index (χ3n) is 3.73. The number of fused-ring (bicyclic) bond motifs is 1. The highest BCUT2D eigenvalue weighted by Gasteiger charge is 2.73. The monoisotopic (exact) mass is 260 g/mol. The molecule has 3 aliphatic rings. The molecular weight excluding hydrogens is 248 g/mol. The zero-order valence-electron chi connectivity index (χ0n) is 9.16. The van der Waals surface area contributed by atoms with E-state index in [1.807, 2.05) is 0 Å². The van der Waals surface area contributed by atoms with E-state index >= 15 is 0 Å². The number of hydrogen-bond donors (Lipinski definition) is 0. The Morgan fingerprint density at radius 2 is 2.29 bits per heavy atom. The Morgan fingerprint density at radius 3 is 2.94 bits per heavy atom. The van der Waals surface area contributed by atoms with E-state index in [9.17, 15) is 13.2 Å². The Balaban J connectivity index is 1.94. The molecule has 0 radical (unpaired) electrons. The standard InChI is InChI=1S/C10H12O6S/c1-3-7(11)14-8-5-4-6-10(2,15-5)9(8)16-17(6,12)13/h3,5-6,8-9H,1,4H2,2H3. The fourth-order valence-electron chi connectivity index (χ4n) is 2.95. The zero-order valence-corrected chi connectivity index (χ0v) is 9.98. The second-order valence-electron chi connectivity index (χ2n) is 4.68. The van der Waals surface area contributed by atoms with Crippen molar-refractivity contribution in [3.05, 3.63) is 12.7 Å². The SMILES string of the molecule is C=CC(=O)OC1C2CC3C(C)(O2)C1OS3(=O)=O. The van der Waals surface area contributed by atoms with Crippen molar-refractivity contribution in [3.63, 3.8) is 0 Å². The number of esters is 1. The summed E-state index contributed by atoms with van der Waals surface area (Å²) in [5, 5.41) is -0.649. The van der Waals surface area contributed by atoms with Crippen molar-refractivity contribution in [1.29, 1.82) is 0 Å². The summed E-state index contributed by atoms with van der Waals surface area (Å²) in [5.74, 6) is -0.598. The molecule has 3 fully saturated rings. The molecule has 5 atom stereocenters. The number of carbonyl (C=O) groups is 1. The van der Waals surface area contributed by atoms with Gasteiger partial charge in [-0.2, -0.15) is 8.42 Å². The van der Waals surface area contributed by atoms with Gasteiger partial charge in [0, 0.05) is 6.08 Å². The Morgan fingerprint density at radius 1 is 1.59 bits per heavy atom. The van der Waals surface area contributed by atoms with E-state index in [0.29, 0.717) is 6.42 Å². The van der Waals surface area contributed by atoms with Crippen molar-refractivity contribution in [1.82, 2.24) is 0 Å². The molecular formula is C10H12O6S. The van der Waals surface area contributed by atoms with Crippen LogP contribution in [0.15, 0.2) is 12.7 Å². The summed E-state index contributed by atoms with van der Waals surface area (Å²) in [6.45, 7) is 4.99. The molecule has 0 amide bonds. The lowest BCUT2D eigenvalue weighted by Gasteiger charge is -2.26. The van der Waals surface area contributed by atoms with Crippen molar-refractivity contribution >= 4 is 16.1 Å². The van der Waals surface area contributed by atoms with Gasteiger partial charge in [-0.05, 0) is 13.3 Å². The fraction of sp³-hybridized carbons (Fsp3) is 0.700. The molecule has 3 aliphatic heterocycles. The molecule has 0 saturated carbocycles. The summed E-state index contributed by atoms with van der Waals surface area (Å²) in [5.41, 5.74) is -0.893. The van der Waals surface area contributed by atoms with Gasteiger partial charge in [0.2, 0.25) is 0 Å². The van der Waals surface area contributed by atoms with Crippen LogP contribution < -0.4 is 0 Å². The Kier molecular flexibility index (Phi) is 2.04. The van der Waals surface area contributed by atoms with E-state index in [0.717, 1.165) is 6.08 Å². The number of hydrogen-bond acceptors (Lipinski definition) is 6. The highest BCUT2D eigenvalue weighted by molar-refractivity contribution is 7.87. The lowest BCUT2D eigenvalue weighted by atomic mass is 9.85. The number of ether oxygens (including phenoxy) is 2. The summed E-state index contributed by atoms with van der Waals surface area (Å²) in [6, 6.07) is 0. The van der Waals surface area contributed by atoms with Crippen molar-refractivity contribution < 1.29 is 26.9 Å². The summed E-state index contributed by atoms with van der Waals surface area (Å²) in [4.78, 5) is 11.2. The van der Waals surface area contributed by atoms with E-state index in [1.165, 1.54) is 0 Å². The van der Waals surface area contributed by atoms with Gasteiger partial charge >= 0.3 is 5.97 Å². The zero-order chi connectivity index (χ0) is 12.4. The van der Waals surface area contributed by atoms with Crippen LogP contribution in [0.25, 0.3) is 0 Å². The smallest absolute Gasteiger partial charge is 0.330 e. The third kappa shape index (κ3) is 1.27. The maximum absolute atomic E-state index is 11.7. The van der Waals surface area contributed by atoms with Gasteiger partial charge in [-0.25, -0.2) is 4.79 Å². The van der Waals surface area contributed by atoms with Gasteiger partial charge in [0.1, 0.15) is 17.0 Å². The van der Waals surface area contributed by atoms with Gasteiger partial charge in [-0.1, -0.05) is 6.58 Å². The van der Waals surface area contributed by atoms with Crippen LogP contribution in [0.3, 0.4) is 0 Å². The van der Waals surface area contributed by atoms with Gasteiger partial charge < -0.3 is 9.47 Å². The Labute approximate surface area is 98.7 Å². The molecule has 7 heteroatoms. The second kappa shape index (κ2) is 3.09. The van der Waals surface area contributed by atoms with E-state index in [4.69, 9.17) is 13.7 Å². The summed E-state index contributed by atoms with van der Waals surface area (Å²) in [6.07, 6.45) is -0.463. The van der Waals surface area contributed by atoms with Gasteiger partial charge in [0.15, 0.2) is 6.10 Å². The van der Waals surface area contributed by atoms with Crippen LogP contribution in [0.2, 0.25) is 0 Å². The average molecular weight is 260 g/mol. The van der Waals surface area contributed by atoms with Crippen LogP contribution in [0.1, 0.15) is 13.3 Å². The molecule has 0 aromatic carbocycles. The Bertz CT molecular complexity index is 497. The molecule has 94 valence electrons. The first-order valence-electron chi connectivity index (χ1n) is 5.31. The highest BCUT2D eigenvalue weighted by atomic mass is 32.2. The van der Waals surface area contributed by atoms with Crippen LogP contribution >= 0.6 is 0 Å². The molecule has 0 aromatic rings. The minimum absolute atomic E-state index is 0.310. The molecule has 3 heterocycles. The third-order valence-corrected chi connectivity index (χ3v) is 5.56. The topological polar surface area (TPSA) is 78.9 Å². The molecule has 2 bridgehead atoms. The molecule has 0 N–H and O–H groups in total. The fourth-order valence-corrected chi connectivity index (χ4v) is 4.87. The predicted octanol–water partition coefficient (Wildman–Crippen LogP) is -0.257.